The Kier molecular flexibility index (Phi) is 4.95. The van der Waals surface area contributed by atoms with Crippen LogP contribution in [0.25, 0.3) is 0 Å². The van der Waals surface area contributed by atoms with Gasteiger partial charge in [0.2, 0.25) is 15.9 Å². The van der Waals surface area contributed by atoms with Crippen molar-refractivity contribution in [3.05, 3.63) is 23.5 Å². The summed E-state index contributed by atoms with van der Waals surface area (Å²) in [6.45, 7) is 1.16. The first-order valence-electron chi connectivity index (χ1n) is 6.38. The molecule has 1 aromatic heterocycles. The maximum absolute atomic E-state index is 12.0. The molecule has 1 N–H and O–H groups in total. The van der Waals surface area contributed by atoms with Gasteiger partial charge in [0, 0.05) is 19.3 Å². The van der Waals surface area contributed by atoms with Crippen LogP contribution < -0.4 is 4.72 Å². The zero-order valence-corrected chi connectivity index (χ0v) is 12.5. The lowest BCUT2D eigenvalue weighted by Crippen LogP contribution is -2.42. The minimum atomic E-state index is -3.73. The van der Waals surface area contributed by atoms with Crippen LogP contribution in [0.15, 0.2) is 23.2 Å². The molecule has 1 aliphatic heterocycles. The van der Waals surface area contributed by atoms with Crippen molar-refractivity contribution in [2.75, 3.05) is 19.6 Å². The normalized spacial score (nSPS) is 16.1. The Bertz CT molecular complexity index is 568. The van der Waals surface area contributed by atoms with Crippen molar-refractivity contribution in [2.24, 2.45) is 0 Å². The van der Waals surface area contributed by atoms with Gasteiger partial charge in [-0.3, -0.25) is 4.79 Å². The van der Waals surface area contributed by atoms with Crippen molar-refractivity contribution in [2.45, 2.75) is 24.2 Å². The third-order valence-corrected chi connectivity index (χ3v) is 4.74. The van der Waals surface area contributed by atoms with Crippen LogP contribution in [0, 0.1) is 0 Å². The number of nitrogens with zero attached hydrogens (tertiary/aromatic N) is 2. The molecule has 8 heteroatoms. The minimum absolute atomic E-state index is 0.00616. The number of hydrogen-bond donors (Lipinski definition) is 1. The van der Waals surface area contributed by atoms with Crippen molar-refractivity contribution in [1.82, 2.24) is 14.6 Å². The topological polar surface area (TPSA) is 79.4 Å². The largest absolute Gasteiger partial charge is 0.342 e. The third kappa shape index (κ3) is 3.91. The van der Waals surface area contributed by atoms with Crippen LogP contribution in [0.4, 0.5) is 0 Å². The predicted octanol–water partition coefficient (Wildman–Crippen LogP) is 1.03. The molecular weight excluding hydrogens is 302 g/mol. The number of aromatic nitrogens is 1. The molecule has 0 spiro atoms. The number of likely N-dealkylation sites (tertiary alicyclic amines) is 1. The highest BCUT2D eigenvalue weighted by molar-refractivity contribution is 7.89. The molecule has 0 aliphatic carbocycles. The zero-order chi connectivity index (χ0) is 14.6. The van der Waals surface area contributed by atoms with Crippen LogP contribution in [0.2, 0.25) is 5.15 Å². The molecule has 0 bridgehead atoms. The monoisotopic (exact) mass is 317 g/mol. The van der Waals surface area contributed by atoms with Crippen molar-refractivity contribution in [1.29, 1.82) is 0 Å². The molecule has 2 heterocycles. The van der Waals surface area contributed by atoms with E-state index in [9.17, 15) is 13.2 Å². The molecule has 0 saturated carbocycles. The molecule has 1 aliphatic rings. The first-order chi connectivity index (χ1) is 9.49. The Balaban J connectivity index is 1.95. The molecule has 0 aromatic carbocycles. The van der Waals surface area contributed by atoms with E-state index in [0.717, 1.165) is 25.5 Å². The average molecular weight is 318 g/mol. The van der Waals surface area contributed by atoms with Crippen LogP contribution in [0.3, 0.4) is 0 Å². The molecule has 1 fully saturated rings. The second-order valence-electron chi connectivity index (χ2n) is 4.58. The van der Waals surface area contributed by atoms with Crippen LogP contribution in [0.1, 0.15) is 19.3 Å². The number of nitrogens with one attached hydrogen (secondary N) is 1. The summed E-state index contributed by atoms with van der Waals surface area (Å²) in [7, 11) is -3.73. The minimum Gasteiger partial charge on any atom is -0.342 e. The Labute approximate surface area is 123 Å². The highest BCUT2D eigenvalue weighted by Gasteiger charge is 2.20. The maximum atomic E-state index is 12.0. The number of amides is 1. The van der Waals surface area contributed by atoms with Crippen molar-refractivity contribution in [3.8, 4) is 0 Å². The van der Waals surface area contributed by atoms with Gasteiger partial charge >= 0.3 is 0 Å². The van der Waals surface area contributed by atoms with E-state index in [0.29, 0.717) is 13.1 Å². The number of hydrogen-bond acceptors (Lipinski definition) is 4. The summed E-state index contributed by atoms with van der Waals surface area (Å²) < 4.78 is 26.2. The van der Waals surface area contributed by atoms with Gasteiger partial charge in [-0.25, -0.2) is 18.1 Å². The fraction of sp³-hybridized carbons (Fsp3) is 0.500. The number of halogens is 1. The second-order valence-corrected chi connectivity index (χ2v) is 6.74. The number of rotatable bonds is 4. The number of carbonyl (C=O) groups excluding carboxylic acids is 1. The van der Waals surface area contributed by atoms with Crippen LogP contribution >= 0.6 is 11.6 Å². The summed E-state index contributed by atoms with van der Waals surface area (Å²) in [6.07, 6.45) is 4.22. The lowest BCUT2D eigenvalue weighted by Gasteiger charge is -2.26. The van der Waals surface area contributed by atoms with Gasteiger partial charge in [0.15, 0.2) is 0 Å². The predicted molar refractivity (Wildman–Crippen MR) is 74.9 cm³/mol. The molecule has 0 atom stereocenters. The van der Waals surface area contributed by atoms with Gasteiger partial charge in [0.25, 0.3) is 0 Å². The fourth-order valence-electron chi connectivity index (χ4n) is 2.02. The molecule has 1 saturated heterocycles. The van der Waals surface area contributed by atoms with E-state index < -0.39 is 10.0 Å². The van der Waals surface area contributed by atoms with Crippen molar-refractivity contribution in [3.63, 3.8) is 0 Å². The van der Waals surface area contributed by atoms with E-state index in [4.69, 9.17) is 11.6 Å². The maximum Gasteiger partial charge on any atom is 0.242 e. The quantitative estimate of drug-likeness (QED) is 0.841. The second kappa shape index (κ2) is 6.51. The van der Waals surface area contributed by atoms with Gasteiger partial charge in [-0.05, 0) is 31.4 Å². The number of piperidine rings is 1. The number of carbonyl (C=O) groups is 1. The van der Waals surface area contributed by atoms with Crippen LogP contribution in [-0.4, -0.2) is 43.8 Å². The first-order valence-corrected chi connectivity index (χ1v) is 8.24. The molecule has 2 rings (SSSR count). The Morgan fingerprint density at radius 2 is 2.00 bits per heavy atom. The molecule has 6 nitrogen and oxygen atoms in total. The molecule has 1 amide bonds. The van der Waals surface area contributed by atoms with Gasteiger partial charge in [-0.1, -0.05) is 11.6 Å². The standard InChI is InChI=1S/C12H16ClN3O3S/c13-11-5-4-10(8-14-11)20(18,19)15-9-12(17)16-6-2-1-3-7-16/h4-5,8,15H,1-3,6-7,9H2. The summed E-state index contributed by atoms with van der Waals surface area (Å²) in [5.74, 6) is -0.199. The van der Waals surface area contributed by atoms with E-state index >= 15 is 0 Å². The summed E-state index contributed by atoms with van der Waals surface area (Å²) >= 11 is 5.60. The van der Waals surface area contributed by atoms with Gasteiger partial charge in [-0.2, -0.15) is 0 Å². The number of sulfonamides is 1. The smallest absolute Gasteiger partial charge is 0.242 e. The summed E-state index contributed by atoms with van der Waals surface area (Å²) in [5.41, 5.74) is 0. The van der Waals surface area contributed by atoms with Gasteiger partial charge in [0.1, 0.15) is 10.0 Å². The van der Waals surface area contributed by atoms with E-state index in [1.165, 1.54) is 12.1 Å². The van der Waals surface area contributed by atoms with E-state index in [-0.39, 0.29) is 22.5 Å². The van der Waals surface area contributed by atoms with Gasteiger partial charge in [-0.15, -0.1) is 0 Å². The SMILES string of the molecule is O=C(CNS(=O)(=O)c1ccc(Cl)nc1)N1CCCCC1. The molecule has 0 radical (unpaired) electrons. The van der Waals surface area contributed by atoms with Crippen LogP contribution in [0.5, 0.6) is 0 Å². The summed E-state index contributed by atoms with van der Waals surface area (Å²) in [4.78, 5) is 17.3. The van der Waals surface area contributed by atoms with E-state index in [1.807, 2.05) is 0 Å². The first kappa shape index (κ1) is 15.2. The molecule has 110 valence electrons. The lowest BCUT2D eigenvalue weighted by atomic mass is 10.1. The van der Waals surface area contributed by atoms with Crippen LogP contribution in [-0.2, 0) is 14.8 Å². The lowest BCUT2D eigenvalue weighted by molar-refractivity contribution is -0.130. The molecular formula is C12H16ClN3O3S. The third-order valence-electron chi connectivity index (χ3n) is 3.13. The Morgan fingerprint density at radius 1 is 1.30 bits per heavy atom. The van der Waals surface area contributed by atoms with Crippen molar-refractivity contribution >= 4 is 27.5 Å². The highest BCUT2D eigenvalue weighted by Crippen LogP contribution is 2.11. The molecule has 20 heavy (non-hydrogen) atoms. The Morgan fingerprint density at radius 3 is 2.60 bits per heavy atom. The zero-order valence-electron chi connectivity index (χ0n) is 10.9. The van der Waals surface area contributed by atoms with E-state index in [1.54, 1.807) is 4.90 Å². The van der Waals surface area contributed by atoms with Gasteiger partial charge < -0.3 is 4.90 Å². The number of pyridine rings is 1. The highest BCUT2D eigenvalue weighted by atomic mass is 35.5. The molecule has 0 unspecified atom stereocenters. The van der Waals surface area contributed by atoms with Crippen molar-refractivity contribution < 1.29 is 13.2 Å². The van der Waals surface area contributed by atoms with E-state index in [2.05, 4.69) is 9.71 Å². The summed E-state index contributed by atoms with van der Waals surface area (Å²) in [5, 5.41) is 0.216. The average Bonchev–Trinajstić information content (AvgIpc) is 2.46. The molecule has 1 aromatic rings. The Hall–Kier alpha value is -1.18. The fourth-order valence-corrected chi connectivity index (χ4v) is 3.05. The summed E-state index contributed by atoms with van der Waals surface area (Å²) in [6, 6.07) is 2.74. The van der Waals surface area contributed by atoms with Gasteiger partial charge in [0.05, 0.1) is 6.54 Å².